The minimum atomic E-state index is -3.48. The highest BCUT2D eigenvalue weighted by Gasteiger charge is 2.31. The van der Waals surface area contributed by atoms with Crippen molar-refractivity contribution in [3.05, 3.63) is 59.9 Å². The Morgan fingerprint density at radius 3 is 2.79 bits per heavy atom. The highest BCUT2D eigenvalue weighted by atomic mass is 32.2. The number of rotatable bonds is 3. The van der Waals surface area contributed by atoms with E-state index in [4.69, 9.17) is 9.72 Å². The molecule has 1 aromatic carbocycles. The predicted molar refractivity (Wildman–Crippen MR) is 106 cm³/mol. The Bertz CT molecular complexity index is 1140. The van der Waals surface area contributed by atoms with Crippen molar-refractivity contribution >= 4 is 21.1 Å². The molecule has 0 N–H and O–H groups in total. The molecule has 28 heavy (non-hydrogen) atoms. The fourth-order valence-electron chi connectivity index (χ4n) is 4.06. The van der Waals surface area contributed by atoms with Crippen molar-refractivity contribution in [2.75, 3.05) is 19.7 Å². The van der Waals surface area contributed by atoms with Crippen molar-refractivity contribution < 1.29 is 13.2 Å². The Morgan fingerprint density at radius 1 is 1.07 bits per heavy atom. The number of piperidine rings is 1. The van der Waals surface area contributed by atoms with Crippen LogP contribution in [-0.4, -0.2) is 42.4 Å². The number of nitrogens with zero attached hydrogens (tertiary/aromatic N) is 3. The molecule has 144 valence electrons. The van der Waals surface area contributed by atoms with Crippen LogP contribution in [0.5, 0.6) is 5.75 Å². The molecule has 7 heteroatoms. The van der Waals surface area contributed by atoms with Crippen LogP contribution in [0.2, 0.25) is 0 Å². The standard InChI is InChI=1S/C21H21N3O3S/c25-28(26,18-4-6-20-17(14-18)9-13-27-20)24-11-7-15(8-12-24)19-5-3-16-2-1-10-22-21(16)23-19/h1-6,10,14-15H,7-9,11-13H2. The molecule has 0 amide bonds. The molecule has 1 fully saturated rings. The fraction of sp³-hybridized carbons (Fsp3) is 0.333. The van der Waals surface area contributed by atoms with Crippen LogP contribution in [0.1, 0.15) is 30.0 Å². The maximum atomic E-state index is 13.1. The molecule has 2 aliphatic rings. The second kappa shape index (κ2) is 6.83. The molecule has 0 bridgehead atoms. The number of pyridine rings is 2. The summed E-state index contributed by atoms with van der Waals surface area (Å²) in [5.74, 6) is 1.06. The molecular formula is C21H21N3O3S. The molecule has 0 unspecified atom stereocenters. The first-order valence-corrected chi connectivity index (χ1v) is 11.0. The Kier molecular flexibility index (Phi) is 4.29. The van der Waals surface area contributed by atoms with Gasteiger partial charge in [0.1, 0.15) is 5.75 Å². The third kappa shape index (κ3) is 3.04. The van der Waals surface area contributed by atoms with Gasteiger partial charge < -0.3 is 4.74 Å². The molecule has 0 aliphatic carbocycles. The van der Waals surface area contributed by atoms with Crippen molar-refractivity contribution in [3.63, 3.8) is 0 Å². The molecule has 1 saturated heterocycles. The lowest BCUT2D eigenvalue weighted by atomic mass is 9.94. The van der Waals surface area contributed by atoms with E-state index in [0.29, 0.717) is 24.6 Å². The smallest absolute Gasteiger partial charge is 0.243 e. The summed E-state index contributed by atoms with van der Waals surface area (Å²) < 4.78 is 33.2. The monoisotopic (exact) mass is 395 g/mol. The molecule has 3 aromatic rings. The second-order valence-corrected chi connectivity index (χ2v) is 9.27. The topological polar surface area (TPSA) is 72.4 Å². The van der Waals surface area contributed by atoms with E-state index in [1.165, 1.54) is 0 Å². The Hall–Kier alpha value is -2.51. The quantitative estimate of drug-likeness (QED) is 0.681. The normalized spacial score (nSPS) is 18.1. The largest absolute Gasteiger partial charge is 0.493 e. The van der Waals surface area contributed by atoms with Gasteiger partial charge in [-0.2, -0.15) is 4.31 Å². The lowest BCUT2D eigenvalue weighted by Gasteiger charge is -2.31. The molecule has 2 aliphatic heterocycles. The summed E-state index contributed by atoms with van der Waals surface area (Å²) in [6.45, 7) is 1.63. The van der Waals surface area contributed by atoms with Crippen LogP contribution in [0.25, 0.3) is 11.0 Å². The van der Waals surface area contributed by atoms with Crippen molar-refractivity contribution in [1.29, 1.82) is 0 Å². The van der Waals surface area contributed by atoms with Gasteiger partial charge in [-0.15, -0.1) is 0 Å². The van der Waals surface area contributed by atoms with Crippen LogP contribution in [0.15, 0.2) is 53.6 Å². The van der Waals surface area contributed by atoms with Crippen LogP contribution in [0, 0.1) is 0 Å². The number of hydrogen-bond donors (Lipinski definition) is 0. The summed E-state index contributed by atoms with van der Waals surface area (Å²) in [5, 5.41) is 1.02. The average molecular weight is 395 g/mol. The minimum Gasteiger partial charge on any atom is -0.493 e. The number of ether oxygens (including phenoxy) is 1. The van der Waals surface area contributed by atoms with Gasteiger partial charge in [-0.05, 0) is 60.9 Å². The third-order valence-electron chi connectivity index (χ3n) is 5.66. The van der Waals surface area contributed by atoms with E-state index in [-0.39, 0.29) is 5.92 Å². The van der Waals surface area contributed by atoms with Crippen molar-refractivity contribution in [2.24, 2.45) is 0 Å². The van der Waals surface area contributed by atoms with Crippen LogP contribution in [0.4, 0.5) is 0 Å². The second-order valence-electron chi connectivity index (χ2n) is 7.33. The van der Waals surface area contributed by atoms with Gasteiger partial charge in [0.15, 0.2) is 5.65 Å². The van der Waals surface area contributed by atoms with Crippen LogP contribution >= 0.6 is 0 Å². The zero-order chi connectivity index (χ0) is 19.1. The van der Waals surface area contributed by atoms with Gasteiger partial charge >= 0.3 is 0 Å². The first-order valence-electron chi connectivity index (χ1n) is 9.59. The molecule has 0 saturated carbocycles. The highest BCUT2D eigenvalue weighted by molar-refractivity contribution is 7.89. The highest BCUT2D eigenvalue weighted by Crippen LogP contribution is 2.33. The van der Waals surface area contributed by atoms with Crippen LogP contribution < -0.4 is 4.74 Å². The molecule has 0 radical (unpaired) electrons. The first-order chi connectivity index (χ1) is 13.6. The average Bonchev–Trinajstić information content (AvgIpc) is 3.21. The van der Waals surface area contributed by atoms with Gasteiger partial charge in [0.25, 0.3) is 0 Å². The van der Waals surface area contributed by atoms with E-state index < -0.39 is 10.0 Å². The first kappa shape index (κ1) is 17.6. The Morgan fingerprint density at radius 2 is 1.93 bits per heavy atom. The Balaban J connectivity index is 1.33. The molecule has 0 spiro atoms. The van der Waals surface area contributed by atoms with E-state index in [9.17, 15) is 8.42 Å². The minimum absolute atomic E-state index is 0.256. The van der Waals surface area contributed by atoms with Gasteiger partial charge in [-0.1, -0.05) is 0 Å². The van der Waals surface area contributed by atoms with E-state index in [2.05, 4.69) is 4.98 Å². The molecular weight excluding hydrogens is 374 g/mol. The maximum Gasteiger partial charge on any atom is 0.243 e. The van der Waals surface area contributed by atoms with Crippen LogP contribution in [0.3, 0.4) is 0 Å². The summed E-state index contributed by atoms with van der Waals surface area (Å²) in [4.78, 5) is 9.39. The van der Waals surface area contributed by atoms with E-state index in [0.717, 1.165) is 47.3 Å². The van der Waals surface area contributed by atoms with E-state index >= 15 is 0 Å². The number of benzene rings is 1. The molecule has 4 heterocycles. The number of sulfonamides is 1. The van der Waals surface area contributed by atoms with Gasteiger partial charge in [-0.3, -0.25) is 0 Å². The summed E-state index contributed by atoms with van der Waals surface area (Å²) in [5.41, 5.74) is 2.72. The van der Waals surface area contributed by atoms with Crippen molar-refractivity contribution in [2.45, 2.75) is 30.1 Å². The summed E-state index contributed by atoms with van der Waals surface area (Å²) >= 11 is 0. The van der Waals surface area contributed by atoms with E-state index in [1.807, 2.05) is 24.3 Å². The number of aromatic nitrogens is 2. The molecule has 2 aromatic heterocycles. The fourth-order valence-corrected chi connectivity index (χ4v) is 5.58. The lowest BCUT2D eigenvalue weighted by Crippen LogP contribution is -2.38. The van der Waals surface area contributed by atoms with Crippen LogP contribution in [-0.2, 0) is 16.4 Å². The molecule has 6 nitrogen and oxygen atoms in total. The lowest BCUT2D eigenvalue weighted by molar-refractivity contribution is 0.317. The molecule has 5 rings (SSSR count). The van der Waals surface area contributed by atoms with Gasteiger partial charge in [0.05, 0.1) is 11.5 Å². The van der Waals surface area contributed by atoms with Gasteiger partial charge in [-0.25, -0.2) is 18.4 Å². The number of fused-ring (bicyclic) bond motifs is 2. The van der Waals surface area contributed by atoms with E-state index in [1.54, 1.807) is 28.7 Å². The predicted octanol–water partition coefficient (Wildman–Crippen LogP) is 3.13. The SMILES string of the molecule is O=S(=O)(c1ccc2c(c1)CCO2)N1CCC(c2ccc3cccnc3n2)CC1. The summed E-state index contributed by atoms with van der Waals surface area (Å²) in [6, 6.07) is 13.2. The summed E-state index contributed by atoms with van der Waals surface area (Å²) in [6.07, 6.45) is 4.04. The molecule has 0 atom stereocenters. The van der Waals surface area contributed by atoms with Gasteiger partial charge in [0.2, 0.25) is 10.0 Å². The zero-order valence-corrected chi connectivity index (χ0v) is 16.2. The van der Waals surface area contributed by atoms with Crippen molar-refractivity contribution in [3.8, 4) is 5.75 Å². The zero-order valence-electron chi connectivity index (χ0n) is 15.4. The number of hydrogen-bond acceptors (Lipinski definition) is 5. The summed E-state index contributed by atoms with van der Waals surface area (Å²) in [7, 11) is -3.48. The van der Waals surface area contributed by atoms with Gasteiger partial charge in [0, 0.05) is 42.7 Å². The Labute approximate surface area is 164 Å². The van der Waals surface area contributed by atoms with Crippen molar-refractivity contribution in [1.82, 2.24) is 14.3 Å². The third-order valence-corrected chi connectivity index (χ3v) is 7.55. The maximum absolute atomic E-state index is 13.1.